The maximum atomic E-state index is 12.1. The average Bonchev–Trinajstić information content (AvgIpc) is 2.66. The fourth-order valence-corrected chi connectivity index (χ4v) is 2.88. The Balaban J connectivity index is 1.79. The molecule has 2 aromatic carbocycles. The number of hydrogen-bond acceptors (Lipinski definition) is 7. The van der Waals surface area contributed by atoms with E-state index in [4.69, 9.17) is 0 Å². The summed E-state index contributed by atoms with van der Waals surface area (Å²) in [4.78, 5) is 32.7. The summed E-state index contributed by atoms with van der Waals surface area (Å²) in [5, 5.41) is 9.24. The molecule has 29 heavy (non-hydrogen) atoms. The first-order chi connectivity index (χ1) is 13.6. The van der Waals surface area contributed by atoms with E-state index < -0.39 is 10.9 Å². The van der Waals surface area contributed by atoms with Gasteiger partial charge < -0.3 is 16.0 Å². The molecule has 0 bridgehead atoms. The number of aryl methyl sites for hydroxylation is 1. The number of benzene rings is 1. The zero-order chi connectivity index (χ0) is 21.3. The van der Waals surface area contributed by atoms with E-state index in [0.717, 1.165) is 15.7 Å². The second kappa shape index (κ2) is 7.94. The van der Waals surface area contributed by atoms with Crippen molar-refractivity contribution < 1.29 is 0 Å². The van der Waals surface area contributed by atoms with Gasteiger partial charge in [-0.1, -0.05) is 42.8 Å². The third kappa shape index (κ3) is 4.64. The van der Waals surface area contributed by atoms with Crippen LogP contribution in [0.25, 0.3) is 0 Å². The van der Waals surface area contributed by atoms with Crippen molar-refractivity contribution in [2.45, 2.75) is 40.7 Å². The lowest BCUT2D eigenvalue weighted by Crippen LogP contribution is -2.41. The lowest BCUT2D eigenvalue weighted by molar-refractivity contribution is 0.359. The van der Waals surface area contributed by atoms with Crippen molar-refractivity contribution in [3.05, 3.63) is 60.9 Å². The minimum absolute atomic E-state index is 0.00830. The van der Waals surface area contributed by atoms with Crippen molar-refractivity contribution in [3.63, 3.8) is 0 Å². The fraction of sp³-hybridized carbons (Fsp3) is 0.333. The molecule has 0 aliphatic carbocycles. The van der Waals surface area contributed by atoms with E-state index in [9.17, 15) is 9.59 Å². The first kappa shape index (κ1) is 21.0. The van der Waals surface area contributed by atoms with Gasteiger partial charge in [0.05, 0.1) is 0 Å². The van der Waals surface area contributed by atoms with Gasteiger partial charge in [-0.15, -0.1) is 0 Å². The molecule has 3 N–H and O–H groups in total. The molecule has 1 aromatic heterocycles. The number of halogens is 1. The molecule has 0 spiro atoms. The summed E-state index contributed by atoms with van der Waals surface area (Å²) in [6.45, 7) is 10.2. The van der Waals surface area contributed by atoms with Crippen molar-refractivity contribution in [2.75, 3.05) is 16.0 Å². The van der Waals surface area contributed by atoms with Gasteiger partial charge in [0.25, 0.3) is 10.9 Å². The number of rotatable bonds is 6. The normalized spacial score (nSPS) is 12.6. The summed E-state index contributed by atoms with van der Waals surface area (Å²) in [6.07, 6.45) is 1.58. The maximum absolute atomic E-state index is 12.1. The van der Waals surface area contributed by atoms with Crippen LogP contribution in [0.3, 0.4) is 0 Å². The van der Waals surface area contributed by atoms with Crippen molar-refractivity contribution in [2.24, 2.45) is 5.41 Å². The molecular weight excluding hydrogens is 434 g/mol. The zero-order valence-corrected chi connectivity index (χ0v) is 18.6. The highest BCUT2D eigenvalue weighted by Gasteiger charge is 2.27. The highest BCUT2D eigenvalue weighted by molar-refractivity contribution is 9.10. The van der Waals surface area contributed by atoms with E-state index in [1.54, 1.807) is 12.3 Å². The van der Waals surface area contributed by atoms with Crippen LogP contribution in [0.2, 0.25) is 0 Å². The quantitative estimate of drug-likeness (QED) is 0.469. The molecule has 0 saturated heterocycles. The molecule has 0 fully saturated rings. The van der Waals surface area contributed by atoms with Crippen LogP contribution in [0.4, 0.5) is 28.8 Å². The Bertz CT molecular complexity index is 1110. The van der Waals surface area contributed by atoms with Crippen molar-refractivity contribution in [3.8, 4) is 0 Å². The molecule has 1 atom stereocenters. The molecule has 0 unspecified atom stereocenters. The highest BCUT2D eigenvalue weighted by atomic mass is 79.9. The average molecular weight is 458 g/mol. The van der Waals surface area contributed by atoms with Crippen LogP contribution < -0.4 is 26.8 Å². The summed E-state index contributed by atoms with van der Waals surface area (Å²) in [6, 6.07) is 7.49. The molecule has 1 heterocycles. The van der Waals surface area contributed by atoms with Gasteiger partial charge in [-0.05, 0) is 43.0 Å². The Labute approximate surface area is 177 Å². The lowest BCUT2D eigenvalue weighted by atomic mass is 9.87. The Morgan fingerprint density at radius 3 is 2.38 bits per heavy atom. The minimum atomic E-state index is -0.552. The predicted octanol–water partition coefficient (Wildman–Crippen LogP) is 4.48. The van der Waals surface area contributed by atoms with Crippen LogP contribution in [0.5, 0.6) is 0 Å². The first-order valence-electron chi connectivity index (χ1n) is 9.29. The summed E-state index contributed by atoms with van der Waals surface area (Å²) >= 11 is 3.50. The third-order valence-electron chi connectivity index (χ3n) is 4.91. The van der Waals surface area contributed by atoms with Crippen LogP contribution in [0.15, 0.2) is 44.5 Å². The van der Waals surface area contributed by atoms with E-state index in [-0.39, 0.29) is 17.1 Å². The molecular formula is C21H24BrN5O2. The highest BCUT2D eigenvalue weighted by Crippen LogP contribution is 2.27. The van der Waals surface area contributed by atoms with E-state index in [0.29, 0.717) is 17.5 Å². The van der Waals surface area contributed by atoms with Crippen LogP contribution >= 0.6 is 15.9 Å². The summed E-state index contributed by atoms with van der Waals surface area (Å²) < 4.78 is 0.976. The molecule has 3 rings (SSSR count). The summed E-state index contributed by atoms with van der Waals surface area (Å²) in [5.41, 5.74) is 1.35. The molecule has 0 aliphatic rings. The van der Waals surface area contributed by atoms with Gasteiger partial charge in [-0.3, -0.25) is 9.59 Å². The van der Waals surface area contributed by atoms with E-state index in [1.807, 2.05) is 32.0 Å². The van der Waals surface area contributed by atoms with E-state index in [2.05, 4.69) is 62.6 Å². The first-order valence-corrected chi connectivity index (χ1v) is 10.1. The smallest absolute Gasteiger partial charge is 0.253 e. The largest absolute Gasteiger partial charge is 0.377 e. The van der Waals surface area contributed by atoms with Gasteiger partial charge in [-0.25, -0.2) is 4.98 Å². The molecule has 3 aromatic rings. The van der Waals surface area contributed by atoms with Gasteiger partial charge in [-0.2, -0.15) is 4.98 Å². The van der Waals surface area contributed by atoms with Crippen molar-refractivity contribution >= 4 is 44.8 Å². The van der Waals surface area contributed by atoms with Gasteiger partial charge in [0.1, 0.15) is 17.2 Å². The van der Waals surface area contributed by atoms with Crippen LogP contribution in [0.1, 0.15) is 33.3 Å². The number of aromatic nitrogens is 2. The maximum Gasteiger partial charge on any atom is 0.253 e. The molecule has 7 nitrogen and oxygen atoms in total. The SMILES string of the molecule is Cc1ccc(Nc2nccc(Nc3c(N[C@H](C)C(C)(C)C)c(=O)c3=O)n2)cc1Br. The number of anilines is 5. The summed E-state index contributed by atoms with van der Waals surface area (Å²) in [7, 11) is 0. The van der Waals surface area contributed by atoms with Gasteiger partial charge in [0, 0.05) is 22.4 Å². The Morgan fingerprint density at radius 2 is 1.72 bits per heavy atom. The second-order valence-electron chi connectivity index (χ2n) is 8.12. The van der Waals surface area contributed by atoms with Crippen LogP contribution in [-0.2, 0) is 0 Å². The Morgan fingerprint density at radius 1 is 1.03 bits per heavy atom. The fourth-order valence-electron chi connectivity index (χ4n) is 2.50. The number of nitrogens with one attached hydrogen (secondary N) is 3. The zero-order valence-electron chi connectivity index (χ0n) is 17.1. The molecule has 0 aliphatic heterocycles. The monoisotopic (exact) mass is 457 g/mol. The van der Waals surface area contributed by atoms with E-state index in [1.165, 1.54) is 0 Å². The Hall–Kier alpha value is -2.74. The number of nitrogens with zero attached hydrogens (tertiary/aromatic N) is 2. The van der Waals surface area contributed by atoms with E-state index >= 15 is 0 Å². The molecule has 152 valence electrons. The third-order valence-corrected chi connectivity index (χ3v) is 5.76. The molecule has 8 heteroatoms. The van der Waals surface area contributed by atoms with Gasteiger partial charge in [0.15, 0.2) is 0 Å². The van der Waals surface area contributed by atoms with Crippen LogP contribution in [-0.4, -0.2) is 16.0 Å². The van der Waals surface area contributed by atoms with Gasteiger partial charge in [0.2, 0.25) is 5.95 Å². The lowest BCUT2D eigenvalue weighted by Gasteiger charge is -2.30. The predicted molar refractivity (Wildman–Crippen MR) is 121 cm³/mol. The minimum Gasteiger partial charge on any atom is -0.377 e. The van der Waals surface area contributed by atoms with Crippen molar-refractivity contribution in [1.29, 1.82) is 0 Å². The topological polar surface area (TPSA) is 96.0 Å². The second-order valence-corrected chi connectivity index (χ2v) is 8.97. The Kier molecular flexibility index (Phi) is 5.75. The molecule has 0 radical (unpaired) electrons. The molecule has 0 saturated carbocycles. The summed E-state index contributed by atoms with van der Waals surface area (Å²) in [5.74, 6) is 0.800. The number of hydrogen-bond donors (Lipinski definition) is 3. The molecule has 0 amide bonds. The van der Waals surface area contributed by atoms with Crippen LogP contribution in [0, 0.1) is 12.3 Å². The standard InChI is InChI=1S/C21H24BrN5O2/c1-11-6-7-13(10-14(11)22)25-20-23-9-8-15(27-20)26-17-16(18(28)19(17)29)24-12(2)21(3,4)5/h6-10,12,24H,1-5H3,(H2,23,25,26,27)/t12-/m1/s1. The van der Waals surface area contributed by atoms with Gasteiger partial charge >= 0.3 is 0 Å². The van der Waals surface area contributed by atoms with Crippen molar-refractivity contribution in [1.82, 2.24) is 9.97 Å².